The zero-order valence-electron chi connectivity index (χ0n) is 13.7. The predicted molar refractivity (Wildman–Crippen MR) is 84.4 cm³/mol. The van der Waals surface area contributed by atoms with E-state index >= 15 is 0 Å². The Labute approximate surface area is 143 Å². The molecule has 0 amide bonds. The standard InChI is InChI=1S/C19H16O6/c1-18(2)24-16(21)19(17(22)25-18)13(11-7-4-3-5-8-11)14(19)15(20)12-9-6-10-23-12/h3-10,13-14H,1-2H3/t13-,14+/m1/s1. The largest absolute Gasteiger partial charge is 0.461 e. The Kier molecular flexibility index (Phi) is 3.16. The summed E-state index contributed by atoms with van der Waals surface area (Å²) in [6, 6.07) is 12.1. The molecule has 2 heterocycles. The van der Waals surface area contributed by atoms with Crippen molar-refractivity contribution in [3.63, 3.8) is 0 Å². The molecule has 128 valence electrons. The number of cyclic esters (lactones) is 2. The number of rotatable bonds is 3. The maximum atomic E-state index is 12.9. The summed E-state index contributed by atoms with van der Waals surface area (Å²) in [7, 11) is 0. The highest BCUT2D eigenvalue weighted by Crippen LogP contribution is 2.68. The first-order chi connectivity index (χ1) is 11.9. The first-order valence-electron chi connectivity index (χ1n) is 7.97. The number of carbonyl (C=O) groups is 3. The van der Waals surface area contributed by atoms with Gasteiger partial charge in [0.2, 0.25) is 5.78 Å². The Morgan fingerprint density at radius 1 is 0.960 bits per heavy atom. The average Bonchev–Trinajstić information content (AvgIpc) is 2.95. The van der Waals surface area contributed by atoms with Gasteiger partial charge in [0.25, 0.3) is 5.79 Å². The van der Waals surface area contributed by atoms with Gasteiger partial charge in [-0.05, 0) is 17.7 Å². The lowest BCUT2D eigenvalue weighted by atomic mass is 9.96. The van der Waals surface area contributed by atoms with Gasteiger partial charge in [-0.15, -0.1) is 0 Å². The van der Waals surface area contributed by atoms with E-state index in [1.54, 1.807) is 30.3 Å². The topological polar surface area (TPSA) is 82.8 Å². The fourth-order valence-electron chi connectivity index (χ4n) is 3.66. The Balaban J connectivity index is 1.80. The van der Waals surface area contributed by atoms with Crippen molar-refractivity contribution in [2.45, 2.75) is 25.6 Å². The summed E-state index contributed by atoms with van der Waals surface area (Å²) in [5.74, 6) is -4.65. The molecule has 1 saturated heterocycles. The second-order valence-electron chi connectivity index (χ2n) is 6.76. The van der Waals surface area contributed by atoms with Crippen LogP contribution in [0.1, 0.15) is 35.9 Å². The van der Waals surface area contributed by atoms with Crippen molar-refractivity contribution in [3.8, 4) is 0 Å². The molecule has 2 atom stereocenters. The maximum absolute atomic E-state index is 12.9. The van der Waals surface area contributed by atoms with E-state index in [2.05, 4.69) is 0 Å². The summed E-state index contributed by atoms with van der Waals surface area (Å²) >= 11 is 0. The van der Waals surface area contributed by atoms with Gasteiger partial charge in [-0.2, -0.15) is 0 Å². The quantitative estimate of drug-likeness (QED) is 0.485. The number of hydrogen-bond donors (Lipinski definition) is 0. The molecule has 1 aromatic heterocycles. The third-order valence-electron chi connectivity index (χ3n) is 4.76. The van der Waals surface area contributed by atoms with E-state index in [4.69, 9.17) is 13.9 Å². The van der Waals surface area contributed by atoms with Crippen LogP contribution in [0.2, 0.25) is 0 Å². The second kappa shape index (κ2) is 5.05. The number of ether oxygens (including phenoxy) is 2. The fourth-order valence-corrected chi connectivity index (χ4v) is 3.66. The highest BCUT2D eigenvalue weighted by atomic mass is 16.7. The molecule has 0 radical (unpaired) electrons. The van der Waals surface area contributed by atoms with Crippen LogP contribution in [0.15, 0.2) is 53.1 Å². The fraction of sp³-hybridized carbons (Fsp3) is 0.316. The van der Waals surface area contributed by atoms with Gasteiger partial charge >= 0.3 is 11.9 Å². The van der Waals surface area contributed by atoms with Gasteiger partial charge in [-0.25, -0.2) is 0 Å². The highest BCUT2D eigenvalue weighted by Gasteiger charge is 2.82. The molecule has 0 unspecified atom stereocenters. The van der Waals surface area contributed by atoms with Crippen molar-refractivity contribution < 1.29 is 28.3 Å². The van der Waals surface area contributed by atoms with E-state index in [0.29, 0.717) is 5.56 Å². The number of furan rings is 1. The van der Waals surface area contributed by atoms with Crippen LogP contribution < -0.4 is 0 Å². The molecule has 1 aliphatic carbocycles. The molecule has 6 nitrogen and oxygen atoms in total. The molecule has 0 N–H and O–H groups in total. The second-order valence-corrected chi connectivity index (χ2v) is 6.76. The van der Waals surface area contributed by atoms with E-state index in [1.807, 2.05) is 6.07 Å². The molecule has 2 aliphatic rings. The molecular weight excluding hydrogens is 324 g/mol. The minimum Gasteiger partial charge on any atom is -0.461 e. The van der Waals surface area contributed by atoms with E-state index in [-0.39, 0.29) is 5.76 Å². The number of benzene rings is 1. The van der Waals surface area contributed by atoms with Crippen molar-refractivity contribution in [2.24, 2.45) is 11.3 Å². The summed E-state index contributed by atoms with van der Waals surface area (Å²) in [5, 5.41) is 0. The minimum atomic E-state index is -1.65. The number of Topliss-reactive ketones (excluding diaryl/α,β-unsaturated/α-hetero) is 1. The molecule has 0 bridgehead atoms. The van der Waals surface area contributed by atoms with Crippen LogP contribution in [0, 0.1) is 11.3 Å². The lowest BCUT2D eigenvalue weighted by Crippen LogP contribution is -2.49. The van der Waals surface area contributed by atoms with Crippen LogP contribution in [0.25, 0.3) is 0 Å². The third kappa shape index (κ3) is 2.13. The van der Waals surface area contributed by atoms with Crippen LogP contribution in [0.4, 0.5) is 0 Å². The van der Waals surface area contributed by atoms with Crippen LogP contribution in [-0.2, 0) is 19.1 Å². The van der Waals surface area contributed by atoms with Gasteiger partial charge in [-0.1, -0.05) is 30.3 Å². The number of esters is 2. The normalized spacial score (nSPS) is 26.0. The van der Waals surface area contributed by atoms with Gasteiger partial charge in [0.15, 0.2) is 11.2 Å². The molecule has 1 saturated carbocycles. The van der Waals surface area contributed by atoms with Crippen molar-refractivity contribution in [3.05, 3.63) is 60.1 Å². The zero-order chi connectivity index (χ0) is 17.8. The summed E-state index contributed by atoms with van der Waals surface area (Å²) in [4.78, 5) is 38.4. The Hall–Kier alpha value is -2.89. The van der Waals surface area contributed by atoms with Gasteiger partial charge in [0, 0.05) is 19.8 Å². The van der Waals surface area contributed by atoms with Crippen molar-refractivity contribution in [1.29, 1.82) is 0 Å². The smallest absolute Gasteiger partial charge is 0.328 e. The van der Waals surface area contributed by atoms with Crippen molar-refractivity contribution >= 4 is 17.7 Å². The van der Waals surface area contributed by atoms with Crippen LogP contribution in [0.5, 0.6) is 0 Å². The third-order valence-corrected chi connectivity index (χ3v) is 4.76. The molecule has 6 heteroatoms. The van der Waals surface area contributed by atoms with Crippen LogP contribution >= 0.6 is 0 Å². The van der Waals surface area contributed by atoms with E-state index in [9.17, 15) is 14.4 Å². The molecule has 1 aromatic carbocycles. The SMILES string of the molecule is CC1(C)OC(=O)C2(C(=O)O1)[C@H](C(=O)c1ccco1)[C@H]2c1ccccc1. The Morgan fingerprint density at radius 2 is 1.60 bits per heavy atom. The lowest BCUT2D eigenvalue weighted by Gasteiger charge is -2.33. The molecule has 2 aromatic rings. The highest BCUT2D eigenvalue weighted by molar-refractivity contribution is 6.16. The van der Waals surface area contributed by atoms with Crippen molar-refractivity contribution in [1.82, 2.24) is 0 Å². The van der Waals surface area contributed by atoms with E-state index < -0.39 is 40.8 Å². The maximum Gasteiger partial charge on any atom is 0.328 e. The monoisotopic (exact) mass is 340 g/mol. The van der Waals surface area contributed by atoms with E-state index in [0.717, 1.165) is 0 Å². The summed E-state index contributed by atoms with van der Waals surface area (Å²) in [6.07, 6.45) is 1.38. The van der Waals surface area contributed by atoms with Gasteiger partial charge < -0.3 is 13.9 Å². The number of carbonyl (C=O) groups excluding carboxylic acids is 3. The van der Waals surface area contributed by atoms with E-state index in [1.165, 1.54) is 26.2 Å². The average molecular weight is 340 g/mol. The number of ketones is 1. The minimum absolute atomic E-state index is 0.105. The first-order valence-corrected chi connectivity index (χ1v) is 7.97. The molecule has 2 fully saturated rings. The Morgan fingerprint density at radius 3 is 2.16 bits per heavy atom. The molecule has 1 aliphatic heterocycles. The molecule has 4 rings (SSSR count). The van der Waals surface area contributed by atoms with Gasteiger partial charge in [0.05, 0.1) is 12.2 Å². The molecule has 1 spiro atoms. The van der Waals surface area contributed by atoms with Gasteiger partial charge in [0.1, 0.15) is 0 Å². The summed E-state index contributed by atoms with van der Waals surface area (Å²) in [6.45, 7) is 2.97. The molecular formula is C19H16O6. The predicted octanol–water partition coefficient (Wildman–Crippen LogP) is 2.70. The number of hydrogen-bond acceptors (Lipinski definition) is 6. The van der Waals surface area contributed by atoms with Gasteiger partial charge in [-0.3, -0.25) is 14.4 Å². The van der Waals surface area contributed by atoms with Crippen molar-refractivity contribution in [2.75, 3.05) is 0 Å². The lowest BCUT2D eigenvalue weighted by molar-refractivity contribution is -0.243. The zero-order valence-corrected chi connectivity index (χ0v) is 13.7. The van der Waals surface area contributed by atoms with Crippen LogP contribution in [-0.4, -0.2) is 23.5 Å². The Bertz CT molecular complexity index is 829. The van der Waals surface area contributed by atoms with Crippen LogP contribution in [0.3, 0.4) is 0 Å². The summed E-state index contributed by atoms with van der Waals surface area (Å²) in [5.41, 5.74) is -0.943. The molecule has 25 heavy (non-hydrogen) atoms. The first kappa shape index (κ1) is 15.6. The summed E-state index contributed by atoms with van der Waals surface area (Å²) < 4.78 is 15.8.